The van der Waals surface area contributed by atoms with Crippen LogP contribution in [0.3, 0.4) is 0 Å². The molecule has 0 saturated heterocycles. The Balaban J connectivity index is 5.31. The van der Waals surface area contributed by atoms with E-state index >= 15 is 0 Å². The van der Waals surface area contributed by atoms with Crippen LogP contribution in [0.5, 0.6) is 0 Å². The van der Waals surface area contributed by atoms with Crippen LogP contribution < -0.4 is 0 Å². The van der Waals surface area contributed by atoms with E-state index in [-0.39, 0.29) is 25.7 Å². The number of rotatable bonds is 70. The Morgan fingerprint density at radius 1 is 0.292 bits per heavy atom. The van der Waals surface area contributed by atoms with Gasteiger partial charge in [-0.1, -0.05) is 247 Å². The predicted octanol–water partition coefficient (Wildman–Crippen LogP) is 21.2. The van der Waals surface area contributed by atoms with Gasteiger partial charge in [0.1, 0.15) is 19.3 Å². The van der Waals surface area contributed by atoms with Crippen molar-refractivity contribution in [3.63, 3.8) is 0 Å². The molecule has 0 amide bonds. The Morgan fingerprint density at radius 2 is 0.542 bits per heavy atom. The lowest BCUT2D eigenvalue weighted by atomic mass is 10.1. The van der Waals surface area contributed by atoms with Crippen molar-refractivity contribution >= 4 is 39.5 Å². The summed E-state index contributed by atoms with van der Waals surface area (Å²) in [6.45, 7) is 4.62. The van der Waals surface area contributed by atoms with E-state index in [9.17, 15) is 43.2 Å². The first kappa shape index (κ1) is 92.0. The van der Waals surface area contributed by atoms with Crippen LogP contribution in [0.25, 0.3) is 0 Å². The number of ether oxygens (including phenoxy) is 4. The fourth-order valence-electron chi connectivity index (χ4n) is 9.69. The van der Waals surface area contributed by atoms with E-state index in [1.165, 1.54) is 32.1 Å². The average molecular weight is 1390 g/mol. The topological polar surface area (TPSA) is 237 Å². The van der Waals surface area contributed by atoms with Crippen LogP contribution in [0, 0.1) is 0 Å². The first-order valence-corrected chi connectivity index (χ1v) is 40.5. The number of hydrogen-bond donors (Lipinski definition) is 3. The van der Waals surface area contributed by atoms with Gasteiger partial charge in [-0.2, -0.15) is 0 Å². The maximum Gasteiger partial charge on any atom is 0.472 e. The molecule has 17 nitrogen and oxygen atoms in total. The third-order valence-corrected chi connectivity index (χ3v) is 17.4. The number of phosphoric acid groups is 2. The van der Waals surface area contributed by atoms with Gasteiger partial charge in [0, 0.05) is 25.7 Å². The van der Waals surface area contributed by atoms with Crippen molar-refractivity contribution < 1.29 is 80.2 Å². The lowest BCUT2D eigenvalue weighted by Gasteiger charge is -2.21. The number of allylic oxidation sites excluding steroid dienone is 16. The van der Waals surface area contributed by atoms with Crippen LogP contribution in [-0.2, 0) is 65.4 Å². The monoisotopic (exact) mass is 1390 g/mol. The van der Waals surface area contributed by atoms with E-state index < -0.39 is 97.5 Å². The molecule has 0 aromatic carbocycles. The zero-order chi connectivity index (χ0) is 70.4. The molecule has 0 aliphatic carbocycles. The fourth-order valence-corrected chi connectivity index (χ4v) is 11.3. The zero-order valence-corrected chi connectivity index (χ0v) is 62.1. The minimum absolute atomic E-state index is 0.0754. The molecule has 5 unspecified atom stereocenters. The highest BCUT2D eigenvalue weighted by Gasteiger charge is 2.30. The summed E-state index contributed by atoms with van der Waals surface area (Å²) in [6, 6.07) is 0. The van der Waals surface area contributed by atoms with Gasteiger partial charge in [-0.05, 0) is 135 Å². The molecule has 0 saturated carbocycles. The SMILES string of the molecule is CCC/C=C\C/C=C\CCCCCCCC(=O)OCC(COP(=O)(O)OCC(O)COP(=O)(O)OCC(COC(=O)CCCCCCCC/C=C\C/C=C\C/C=C\CCCCC)OC(=O)CCCCCCC/C=C\CCCC)OC(=O)CCCCCCC/C=C\C/C=C\CCC. The maximum atomic E-state index is 13.0. The first-order chi connectivity index (χ1) is 46.7. The van der Waals surface area contributed by atoms with E-state index in [1.54, 1.807) is 0 Å². The second-order valence-electron chi connectivity index (χ2n) is 24.9. The van der Waals surface area contributed by atoms with Crippen LogP contribution in [0.4, 0.5) is 0 Å². The van der Waals surface area contributed by atoms with Crippen LogP contribution in [0.2, 0.25) is 0 Å². The normalized spacial score (nSPS) is 14.5. The highest BCUT2D eigenvalue weighted by Crippen LogP contribution is 2.45. The molecule has 0 spiro atoms. The number of unbranched alkanes of at least 4 members (excludes halogenated alkanes) is 28. The Morgan fingerprint density at radius 3 is 0.865 bits per heavy atom. The van der Waals surface area contributed by atoms with Gasteiger partial charge in [0.05, 0.1) is 26.4 Å². The van der Waals surface area contributed by atoms with E-state index in [1.807, 2.05) is 0 Å². The number of hydrogen-bond acceptors (Lipinski definition) is 15. The quantitative estimate of drug-likeness (QED) is 0.0169. The molecule has 3 N–H and O–H groups in total. The second-order valence-corrected chi connectivity index (χ2v) is 27.8. The minimum Gasteiger partial charge on any atom is -0.462 e. The number of esters is 4. The number of carbonyl (C=O) groups is 4. The van der Waals surface area contributed by atoms with Crippen molar-refractivity contribution in [3.8, 4) is 0 Å². The molecule has 0 aromatic heterocycles. The molecular weight excluding hydrogens is 1260 g/mol. The molecule has 19 heteroatoms. The Bertz CT molecular complexity index is 2200. The summed E-state index contributed by atoms with van der Waals surface area (Å²) in [7, 11) is -9.95. The minimum atomic E-state index is -4.98. The van der Waals surface area contributed by atoms with Gasteiger partial charge in [-0.3, -0.25) is 37.3 Å². The highest BCUT2D eigenvalue weighted by atomic mass is 31.2. The summed E-state index contributed by atoms with van der Waals surface area (Å²) in [5.41, 5.74) is 0. The number of carbonyl (C=O) groups excluding carboxylic acids is 4. The third-order valence-electron chi connectivity index (χ3n) is 15.5. The van der Waals surface area contributed by atoms with Crippen LogP contribution in [0.15, 0.2) is 97.2 Å². The number of phosphoric ester groups is 2. The molecule has 554 valence electrons. The molecule has 0 aliphatic rings. The van der Waals surface area contributed by atoms with Gasteiger partial charge in [-0.15, -0.1) is 0 Å². The summed E-state index contributed by atoms with van der Waals surface area (Å²) < 4.78 is 68.3. The molecule has 0 aromatic rings. The molecule has 0 heterocycles. The maximum absolute atomic E-state index is 13.0. The summed E-state index contributed by atoms with van der Waals surface area (Å²) >= 11 is 0. The standard InChI is InChI=1S/C77H134O17P2/c1-5-9-13-17-21-25-29-32-33-34-35-36-37-40-43-46-50-54-58-62-75(80)88-67-72(93-76(81)63-59-55-51-47-41-28-24-20-16-12-8-4)69-91-95(83,84)89-65-71(78)66-90-96(85,86)92-70-73(94-77(82)64-60-56-52-48-44-39-31-27-23-19-15-11-7-3)68-87-74(79)61-57-53-49-45-42-38-30-26-22-18-14-10-6-2/h14-15,18-21,24-27,30-33,35-36,71-73,78H,5-13,16-17,22-23,28-29,34,37-70H2,1-4H3,(H,83,84)(H,85,86)/b18-14-,19-15-,24-20-,25-21-,30-26-,31-27-,33-32-,36-35-. The highest BCUT2D eigenvalue weighted by molar-refractivity contribution is 7.47. The van der Waals surface area contributed by atoms with Gasteiger partial charge < -0.3 is 33.8 Å². The number of aliphatic hydroxyl groups is 1. The van der Waals surface area contributed by atoms with Gasteiger partial charge in [0.15, 0.2) is 12.2 Å². The van der Waals surface area contributed by atoms with Gasteiger partial charge in [0.2, 0.25) is 0 Å². The van der Waals surface area contributed by atoms with Crippen molar-refractivity contribution in [2.45, 2.75) is 329 Å². The largest absolute Gasteiger partial charge is 0.472 e. The third kappa shape index (κ3) is 68.5. The molecular formula is C77H134O17P2. The molecule has 0 aliphatic heterocycles. The Hall–Kier alpha value is -4.02. The molecule has 5 atom stereocenters. The summed E-state index contributed by atoms with van der Waals surface area (Å²) in [4.78, 5) is 72.7. The van der Waals surface area contributed by atoms with Crippen LogP contribution in [0.1, 0.15) is 310 Å². The predicted molar refractivity (Wildman–Crippen MR) is 390 cm³/mol. The Kier molecular flexibility index (Phi) is 66.6. The molecule has 0 bridgehead atoms. The van der Waals surface area contributed by atoms with Crippen molar-refractivity contribution in [2.24, 2.45) is 0 Å². The molecule has 0 fully saturated rings. The second kappa shape index (κ2) is 69.5. The average Bonchev–Trinajstić information content (AvgIpc) is 1.28. The summed E-state index contributed by atoms with van der Waals surface area (Å²) in [5.74, 6) is -2.22. The van der Waals surface area contributed by atoms with E-state index in [2.05, 4.69) is 125 Å². The van der Waals surface area contributed by atoms with Crippen molar-refractivity contribution in [3.05, 3.63) is 97.2 Å². The van der Waals surface area contributed by atoms with Gasteiger partial charge in [0.25, 0.3) is 0 Å². The van der Waals surface area contributed by atoms with Crippen LogP contribution >= 0.6 is 15.6 Å². The van der Waals surface area contributed by atoms with E-state index in [0.29, 0.717) is 25.7 Å². The van der Waals surface area contributed by atoms with Gasteiger partial charge in [-0.25, -0.2) is 9.13 Å². The van der Waals surface area contributed by atoms with E-state index in [4.69, 9.17) is 37.0 Å². The van der Waals surface area contributed by atoms with Crippen molar-refractivity contribution in [1.29, 1.82) is 0 Å². The summed E-state index contributed by atoms with van der Waals surface area (Å²) in [5, 5.41) is 10.6. The number of aliphatic hydroxyl groups excluding tert-OH is 1. The summed E-state index contributed by atoms with van der Waals surface area (Å²) in [6.07, 6.45) is 71.2. The van der Waals surface area contributed by atoms with Crippen LogP contribution in [-0.4, -0.2) is 96.7 Å². The molecule has 0 radical (unpaired) electrons. The Labute approximate surface area is 582 Å². The first-order valence-electron chi connectivity index (χ1n) is 37.5. The zero-order valence-electron chi connectivity index (χ0n) is 60.3. The van der Waals surface area contributed by atoms with Crippen molar-refractivity contribution in [1.82, 2.24) is 0 Å². The fraction of sp³-hybridized carbons (Fsp3) is 0.740. The molecule has 0 rings (SSSR count). The lowest BCUT2D eigenvalue weighted by molar-refractivity contribution is -0.161. The lowest BCUT2D eigenvalue weighted by Crippen LogP contribution is -2.30. The van der Waals surface area contributed by atoms with Crippen molar-refractivity contribution in [2.75, 3.05) is 39.6 Å². The smallest absolute Gasteiger partial charge is 0.462 e. The van der Waals surface area contributed by atoms with E-state index in [0.717, 1.165) is 199 Å². The molecule has 96 heavy (non-hydrogen) atoms. The van der Waals surface area contributed by atoms with Gasteiger partial charge >= 0.3 is 39.5 Å².